The van der Waals surface area contributed by atoms with Crippen LogP contribution in [0.3, 0.4) is 0 Å². The Kier molecular flexibility index (Phi) is 4.65. The number of aromatic nitrogens is 2. The maximum atomic E-state index is 12.9. The molecule has 6 nitrogen and oxygen atoms in total. The molecule has 1 aromatic carbocycles. The van der Waals surface area contributed by atoms with Crippen molar-refractivity contribution in [3.05, 3.63) is 60.7 Å². The van der Waals surface area contributed by atoms with E-state index < -0.39 is 10.0 Å². The van der Waals surface area contributed by atoms with Crippen molar-refractivity contribution in [2.75, 3.05) is 0 Å². The highest BCUT2D eigenvalue weighted by molar-refractivity contribution is 7.89. The molecule has 1 saturated carbocycles. The van der Waals surface area contributed by atoms with Crippen LogP contribution in [-0.4, -0.2) is 18.2 Å². The highest BCUT2D eigenvalue weighted by atomic mass is 32.2. The molecule has 0 spiro atoms. The smallest absolute Gasteiger partial charge is 0.244 e. The summed E-state index contributed by atoms with van der Waals surface area (Å²) in [5.41, 5.74) is 1.28. The Hall–Kier alpha value is -2.38. The van der Waals surface area contributed by atoms with E-state index in [9.17, 15) is 8.42 Å². The maximum Gasteiger partial charge on any atom is 0.244 e. The third-order valence-electron chi connectivity index (χ3n) is 4.75. The fraction of sp³-hybridized carbons (Fsp3) is 0.316. The average Bonchev–Trinajstić information content (AvgIpc) is 3.42. The SMILES string of the molecule is O=S(=O)(NCc1ccco1)c1cn(C2CCCC2)nc1-c1ccccc1. The van der Waals surface area contributed by atoms with Crippen molar-refractivity contribution in [3.63, 3.8) is 0 Å². The van der Waals surface area contributed by atoms with E-state index >= 15 is 0 Å². The largest absolute Gasteiger partial charge is 0.468 e. The van der Waals surface area contributed by atoms with Crippen LogP contribution in [0.2, 0.25) is 0 Å². The fourth-order valence-electron chi connectivity index (χ4n) is 3.38. The van der Waals surface area contributed by atoms with Crippen molar-refractivity contribution in [2.24, 2.45) is 0 Å². The Balaban J connectivity index is 1.70. The summed E-state index contributed by atoms with van der Waals surface area (Å²) in [7, 11) is -3.72. The van der Waals surface area contributed by atoms with Gasteiger partial charge in [0.05, 0.1) is 18.8 Å². The first-order valence-corrected chi connectivity index (χ1v) is 10.3. The number of rotatable bonds is 6. The number of benzene rings is 1. The lowest BCUT2D eigenvalue weighted by molar-refractivity contribution is 0.466. The van der Waals surface area contributed by atoms with Gasteiger partial charge in [0.25, 0.3) is 0 Å². The van der Waals surface area contributed by atoms with Gasteiger partial charge >= 0.3 is 0 Å². The summed E-state index contributed by atoms with van der Waals surface area (Å²) >= 11 is 0. The van der Waals surface area contributed by atoms with Crippen LogP contribution in [0.25, 0.3) is 11.3 Å². The molecule has 0 unspecified atom stereocenters. The standard InChI is InChI=1S/C19H21N3O3S/c23-26(24,20-13-17-11-6-12-25-17)18-14-22(16-9-4-5-10-16)21-19(18)15-7-2-1-3-8-15/h1-3,6-8,11-12,14,16,20H,4-5,9-10,13H2. The summed E-state index contributed by atoms with van der Waals surface area (Å²) < 4.78 is 35.6. The third kappa shape index (κ3) is 3.45. The molecule has 3 aromatic rings. The Bertz CT molecular complexity index is 957. The van der Waals surface area contributed by atoms with E-state index in [1.807, 2.05) is 35.0 Å². The Morgan fingerprint density at radius 3 is 2.58 bits per heavy atom. The number of nitrogens with zero attached hydrogens (tertiary/aromatic N) is 2. The first kappa shape index (κ1) is 17.1. The van der Waals surface area contributed by atoms with Crippen LogP contribution in [-0.2, 0) is 16.6 Å². The van der Waals surface area contributed by atoms with Gasteiger partial charge in [0.15, 0.2) is 0 Å². The van der Waals surface area contributed by atoms with Crippen molar-refractivity contribution < 1.29 is 12.8 Å². The summed E-state index contributed by atoms with van der Waals surface area (Å²) in [6.45, 7) is 0.109. The number of furan rings is 1. The maximum absolute atomic E-state index is 12.9. The molecular formula is C19H21N3O3S. The van der Waals surface area contributed by atoms with Gasteiger partial charge in [-0.3, -0.25) is 4.68 Å². The van der Waals surface area contributed by atoms with Gasteiger partial charge in [0.1, 0.15) is 16.3 Å². The zero-order valence-corrected chi connectivity index (χ0v) is 15.2. The molecule has 0 atom stereocenters. The Labute approximate surface area is 152 Å². The normalized spacial score (nSPS) is 15.5. The van der Waals surface area contributed by atoms with Crippen LogP contribution in [0.4, 0.5) is 0 Å². The second-order valence-electron chi connectivity index (χ2n) is 6.53. The first-order chi connectivity index (χ1) is 12.6. The number of sulfonamides is 1. The van der Waals surface area contributed by atoms with E-state index in [1.165, 1.54) is 6.26 Å². The minimum absolute atomic E-state index is 0.109. The molecule has 136 valence electrons. The third-order valence-corrected chi connectivity index (χ3v) is 6.15. The van der Waals surface area contributed by atoms with Gasteiger partial charge in [-0.2, -0.15) is 5.10 Å². The zero-order valence-electron chi connectivity index (χ0n) is 14.3. The van der Waals surface area contributed by atoms with Crippen LogP contribution in [0.5, 0.6) is 0 Å². The van der Waals surface area contributed by atoms with E-state index in [0.29, 0.717) is 11.5 Å². The minimum Gasteiger partial charge on any atom is -0.468 e. The molecule has 4 rings (SSSR count). The molecular weight excluding hydrogens is 350 g/mol. The quantitative estimate of drug-likeness (QED) is 0.716. The van der Waals surface area contributed by atoms with E-state index in [1.54, 1.807) is 18.3 Å². The van der Waals surface area contributed by atoms with E-state index in [4.69, 9.17) is 4.42 Å². The summed E-state index contributed by atoms with van der Waals surface area (Å²) in [6, 6.07) is 13.2. The number of hydrogen-bond acceptors (Lipinski definition) is 4. The molecule has 1 aliphatic carbocycles. The molecule has 1 fully saturated rings. The summed E-state index contributed by atoms with van der Waals surface area (Å²) in [5.74, 6) is 0.568. The lowest BCUT2D eigenvalue weighted by atomic mass is 10.2. The Morgan fingerprint density at radius 1 is 1.12 bits per heavy atom. The molecule has 0 saturated heterocycles. The number of hydrogen-bond donors (Lipinski definition) is 1. The van der Waals surface area contributed by atoms with Gasteiger partial charge in [-0.15, -0.1) is 0 Å². The van der Waals surface area contributed by atoms with Crippen LogP contribution in [0.15, 0.2) is 64.2 Å². The predicted octanol–water partition coefficient (Wildman–Crippen LogP) is 3.74. The molecule has 0 radical (unpaired) electrons. The molecule has 1 aliphatic rings. The molecule has 7 heteroatoms. The monoisotopic (exact) mass is 371 g/mol. The lowest BCUT2D eigenvalue weighted by Crippen LogP contribution is -2.23. The van der Waals surface area contributed by atoms with Gasteiger partial charge in [-0.1, -0.05) is 43.2 Å². The van der Waals surface area contributed by atoms with E-state index in [0.717, 1.165) is 31.2 Å². The zero-order chi connectivity index (χ0) is 18.0. The van der Waals surface area contributed by atoms with E-state index in [-0.39, 0.29) is 17.5 Å². The van der Waals surface area contributed by atoms with Gasteiger partial charge < -0.3 is 4.42 Å². The highest BCUT2D eigenvalue weighted by Crippen LogP contribution is 2.33. The highest BCUT2D eigenvalue weighted by Gasteiger charge is 2.27. The second kappa shape index (κ2) is 7.09. The van der Waals surface area contributed by atoms with Gasteiger partial charge in [0.2, 0.25) is 10.0 Å². The molecule has 0 aliphatic heterocycles. The topological polar surface area (TPSA) is 77.1 Å². The molecule has 26 heavy (non-hydrogen) atoms. The molecule has 0 bridgehead atoms. The van der Waals surface area contributed by atoms with Gasteiger partial charge in [0, 0.05) is 11.8 Å². The van der Waals surface area contributed by atoms with Gasteiger partial charge in [-0.25, -0.2) is 13.1 Å². The van der Waals surface area contributed by atoms with Crippen molar-refractivity contribution >= 4 is 10.0 Å². The Morgan fingerprint density at radius 2 is 1.88 bits per heavy atom. The summed E-state index contributed by atoms with van der Waals surface area (Å²) in [4.78, 5) is 0.210. The van der Waals surface area contributed by atoms with Crippen molar-refractivity contribution in [3.8, 4) is 11.3 Å². The number of nitrogens with one attached hydrogen (secondary N) is 1. The van der Waals surface area contributed by atoms with Crippen LogP contribution in [0, 0.1) is 0 Å². The molecule has 1 N–H and O–H groups in total. The average molecular weight is 371 g/mol. The van der Waals surface area contributed by atoms with Crippen molar-refractivity contribution in [1.82, 2.24) is 14.5 Å². The summed E-state index contributed by atoms with van der Waals surface area (Å²) in [6.07, 6.45) is 7.58. The van der Waals surface area contributed by atoms with Crippen molar-refractivity contribution in [2.45, 2.75) is 43.2 Å². The molecule has 2 aromatic heterocycles. The second-order valence-corrected chi connectivity index (χ2v) is 8.27. The van der Waals surface area contributed by atoms with E-state index in [2.05, 4.69) is 9.82 Å². The van der Waals surface area contributed by atoms with Crippen LogP contribution >= 0.6 is 0 Å². The predicted molar refractivity (Wildman–Crippen MR) is 97.9 cm³/mol. The lowest BCUT2D eigenvalue weighted by Gasteiger charge is -2.08. The van der Waals surface area contributed by atoms with Crippen molar-refractivity contribution in [1.29, 1.82) is 0 Å². The fourth-order valence-corrected chi connectivity index (χ4v) is 4.53. The van der Waals surface area contributed by atoms with Gasteiger partial charge in [-0.05, 0) is 25.0 Å². The van der Waals surface area contributed by atoms with Crippen LogP contribution in [0.1, 0.15) is 37.5 Å². The molecule has 2 heterocycles. The molecule has 0 amide bonds. The summed E-state index contributed by atoms with van der Waals surface area (Å²) in [5, 5.41) is 4.65. The minimum atomic E-state index is -3.72. The van der Waals surface area contributed by atoms with Crippen LogP contribution < -0.4 is 4.72 Å². The first-order valence-electron chi connectivity index (χ1n) is 8.80.